The van der Waals surface area contributed by atoms with Crippen molar-refractivity contribution in [2.24, 2.45) is 10.9 Å². The lowest BCUT2D eigenvalue weighted by atomic mass is 9.87. The van der Waals surface area contributed by atoms with Crippen molar-refractivity contribution in [1.82, 2.24) is 0 Å². The number of Topliss-reactive ketones (excluding diaryl/α,β-unsaturated/α-hetero) is 1. The Kier molecular flexibility index (Phi) is 6.36. The van der Waals surface area contributed by atoms with Crippen LogP contribution in [0.15, 0.2) is 58.4 Å². The predicted octanol–water partition coefficient (Wildman–Crippen LogP) is 4.19. The van der Waals surface area contributed by atoms with Crippen molar-refractivity contribution < 1.29 is 27.8 Å². The maximum absolute atomic E-state index is 13.8. The van der Waals surface area contributed by atoms with E-state index in [1.807, 2.05) is 6.08 Å². The number of rotatable bonds is 8. The van der Waals surface area contributed by atoms with Crippen LogP contribution in [-0.2, 0) is 25.7 Å². The number of benzene rings is 1. The zero-order chi connectivity index (χ0) is 21.0. The summed E-state index contributed by atoms with van der Waals surface area (Å²) in [6, 6.07) is 3.63. The van der Waals surface area contributed by atoms with Gasteiger partial charge in [-0.05, 0) is 31.6 Å². The smallest absolute Gasteiger partial charge is 0.305 e. The predicted molar refractivity (Wildman–Crippen MR) is 103 cm³/mol. The van der Waals surface area contributed by atoms with Gasteiger partial charge in [0.15, 0.2) is 5.78 Å². The van der Waals surface area contributed by atoms with Crippen LogP contribution in [0.1, 0.15) is 31.7 Å². The zero-order valence-electron chi connectivity index (χ0n) is 16.2. The van der Waals surface area contributed by atoms with Gasteiger partial charge in [0, 0.05) is 24.1 Å². The summed E-state index contributed by atoms with van der Waals surface area (Å²) >= 11 is 0. The molecule has 1 aromatic rings. The molecule has 2 aliphatic rings. The number of methoxy groups -OCH3 is 1. The van der Waals surface area contributed by atoms with Crippen LogP contribution in [-0.4, -0.2) is 24.6 Å². The maximum atomic E-state index is 13.8. The number of ether oxygens (including phenoxy) is 2. The second kappa shape index (κ2) is 8.94. The van der Waals surface area contributed by atoms with Gasteiger partial charge in [0.1, 0.15) is 24.0 Å². The molecule has 1 aliphatic carbocycles. The first-order valence-corrected chi connectivity index (χ1v) is 9.26. The minimum absolute atomic E-state index is 0.0961. The van der Waals surface area contributed by atoms with Crippen LogP contribution in [0, 0.1) is 17.6 Å². The lowest BCUT2D eigenvalue weighted by Crippen LogP contribution is -2.22. The number of aliphatic imine (C=N–C) groups is 1. The third-order valence-electron chi connectivity index (χ3n) is 4.83. The van der Waals surface area contributed by atoms with Gasteiger partial charge >= 0.3 is 5.97 Å². The molecule has 0 bridgehead atoms. The molecule has 1 unspecified atom stereocenters. The van der Waals surface area contributed by atoms with E-state index < -0.39 is 11.6 Å². The molecule has 152 valence electrons. The summed E-state index contributed by atoms with van der Waals surface area (Å²) in [5.41, 5.74) is 1.50. The Morgan fingerprint density at radius 3 is 2.59 bits per heavy atom. The number of allylic oxidation sites excluding steroid dienone is 6. The summed E-state index contributed by atoms with van der Waals surface area (Å²) in [5.74, 6) is -1.82. The minimum atomic E-state index is -0.683. The molecule has 0 saturated heterocycles. The number of esters is 1. The summed E-state index contributed by atoms with van der Waals surface area (Å²) in [4.78, 5) is 28.4. The third kappa shape index (κ3) is 4.50. The van der Waals surface area contributed by atoms with E-state index in [1.165, 1.54) is 25.3 Å². The monoisotopic (exact) mass is 401 g/mol. The molecule has 0 N–H and O–H groups in total. The molecule has 0 spiro atoms. The molecule has 29 heavy (non-hydrogen) atoms. The molecule has 0 saturated carbocycles. The standard InChI is InChI=1S/C22H21F2NO4/c1-13-21(18(26)9-5-11-20(27)28-2)14-6-3-10-19(22(14)25-13)29-12-15-16(23)7-4-8-17(15)24/h3-4,6-8,10,14H,5,9,11-12H2,1-2H3. The van der Waals surface area contributed by atoms with E-state index in [9.17, 15) is 18.4 Å². The van der Waals surface area contributed by atoms with E-state index in [0.717, 1.165) is 0 Å². The van der Waals surface area contributed by atoms with Crippen molar-refractivity contribution in [3.05, 3.63) is 70.7 Å². The Labute approximate surface area is 167 Å². The number of ketones is 1. The molecule has 7 heteroatoms. The molecule has 5 nitrogen and oxygen atoms in total. The molecule has 3 rings (SSSR count). The third-order valence-corrected chi connectivity index (χ3v) is 4.83. The molecular weight excluding hydrogens is 380 g/mol. The van der Waals surface area contributed by atoms with E-state index in [-0.39, 0.29) is 42.7 Å². The fourth-order valence-corrected chi connectivity index (χ4v) is 3.35. The molecule has 1 aliphatic heterocycles. The van der Waals surface area contributed by atoms with Crippen molar-refractivity contribution in [2.75, 3.05) is 7.11 Å². The van der Waals surface area contributed by atoms with Gasteiger partial charge in [-0.3, -0.25) is 14.6 Å². The number of carbonyl (C=O) groups excluding carboxylic acids is 2. The van der Waals surface area contributed by atoms with Crippen LogP contribution in [0.3, 0.4) is 0 Å². The molecule has 1 heterocycles. The van der Waals surface area contributed by atoms with E-state index in [2.05, 4.69) is 9.73 Å². The first-order valence-electron chi connectivity index (χ1n) is 9.26. The van der Waals surface area contributed by atoms with E-state index in [0.29, 0.717) is 29.2 Å². The summed E-state index contributed by atoms with van der Waals surface area (Å²) in [7, 11) is 1.31. The lowest BCUT2D eigenvalue weighted by Gasteiger charge is -2.19. The van der Waals surface area contributed by atoms with E-state index in [1.54, 1.807) is 19.1 Å². The van der Waals surface area contributed by atoms with Crippen molar-refractivity contribution in [3.8, 4) is 0 Å². The fraction of sp³-hybridized carbons (Fsp3) is 0.318. The molecule has 0 aromatic heterocycles. The van der Waals surface area contributed by atoms with Crippen LogP contribution >= 0.6 is 0 Å². The largest absolute Gasteiger partial charge is 0.487 e. The highest BCUT2D eigenvalue weighted by Crippen LogP contribution is 2.34. The highest BCUT2D eigenvalue weighted by atomic mass is 19.1. The van der Waals surface area contributed by atoms with Gasteiger partial charge in [-0.2, -0.15) is 0 Å². The topological polar surface area (TPSA) is 65.0 Å². The van der Waals surface area contributed by atoms with Crippen LogP contribution in [0.25, 0.3) is 0 Å². The van der Waals surface area contributed by atoms with Crippen LogP contribution in [0.5, 0.6) is 0 Å². The number of halogens is 2. The van der Waals surface area contributed by atoms with Crippen LogP contribution in [0.4, 0.5) is 8.78 Å². The zero-order valence-corrected chi connectivity index (χ0v) is 16.2. The lowest BCUT2D eigenvalue weighted by molar-refractivity contribution is -0.140. The number of hydrogen-bond donors (Lipinski definition) is 0. The van der Waals surface area contributed by atoms with Crippen molar-refractivity contribution in [3.63, 3.8) is 0 Å². The SMILES string of the molecule is COC(=O)CCCC(=O)C1=C(C)N=C2C(OCc3c(F)cccc3F)=CC=CC21. The molecule has 0 fully saturated rings. The van der Waals surface area contributed by atoms with Crippen molar-refractivity contribution >= 4 is 17.5 Å². The second-order valence-corrected chi connectivity index (χ2v) is 6.73. The van der Waals surface area contributed by atoms with Gasteiger partial charge in [-0.15, -0.1) is 0 Å². The Morgan fingerprint density at radius 1 is 1.17 bits per heavy atom. The number of fused-ring (bicyclic) bond motifs is 1. The van der Waals surface area contributed by atoms with Gasteiger partial charge in [-0.25, -0.2) is 8.78 Å². The molecule has 1 aromatic carbocycles. The van der Waals surface area contributed by atoms with Gasteiger partial charge in [0.05, 0.1) is 24.3 Å². The average molecular weight is 401 g/mol. The Bertz CT molecular complexity index is 939. The minimum Gasteiger partial charge on any atom is -0.487 e. The number of carbonyl (C=O) groups is 2. The number of hydrogen-bond acceptors (Lipinski definition) is 5. The van der Waals surface area contributed by atoms with Crippen molar-refractivity contribution in [2.45, 2.75) is 32.8 Å². The van der Waals surface area contributed by atoms with Gasteiger partial charge in [0.2, 0.25) is 0 Å². The second-order valence-electron chi connectivity index (χ2n) is 6.73. The number of nitrogens with zero attached hydrogens (tertiary/aromatic N) is 1. The first kappa shape index (κ1) is 20.6. The molecule has 0 radical (unpaired) electrons. The quantitative estimate of drug-likeness (QED) is 0.613. The van der Waals surface area contributed by atoms with Crippen molar-refractivity contribution in [1.29, 1.82) is 0 Å². The van der Waals surface area contributed by atoms with Gasteiger partial charge in [-0.1, -0.05) is 18.2 Å². The molecule has 1 atom stereocenters. The first-order chi connectivity index (χ1) is 13.9. The Morgan fingerprint density at radius 2 is 1.90 bits per heavy atom. The van der Waals surface area contributed by atoms with Gasteiger partial charge < -0.3 is 9.47 Å². The Balaban J connectivity index is 1.67. The van der Waals surface area contributed by atoms with Crippen LogP contribution in [0.2, 0.25) is 0 Å². The Hall–Kier alpha value is -3.09. The van der Waals surface area contributed by atoms with E-state index >= 15 is 0 Å². The summed E-state index contributed by atoms with van der Waals surface area (Å²) < 4.78 is 37.9. The maximum Gasteiger partial charge on any atom is 0.305 e. The highest BCUT2D eigenvalue weighted by Gasteiger charge is 2.34. The molecular formula is C22H21F2NO4. The summed E-state index contributed by atoms with van der Waals surface area (Å²) in [6.07, 6.45) is 5.99. The molecule has 0 amide bonds. The normalized spacial score (nSPS) is 17.6. The van der Waals surface area contributed by atoms with Crippen LogP contribution < -0.4 is 0 Å². The average Bonchev–Trinajstić information content (AvgIpc) is 3.04. The summed E-state index contributed by atoms with van der Waals surface area (Å²) in [6.45, 7) is 1.45. The van der Waals surface area contributed by atoms with E-state index in [4.69, 9.17) is 4.74 Å². The summed E-state index contributed by atoms with van der Waals surface area (Å²) in [5, 5.41) is 0. The highest BCUT2D eigenvalue weighted by molar-refractivity contribution is 6.14. The van der Waals surface area contributed by atoms with Gasteiger partial charge in [0.25, 0.3) is 0 Å². The fourth-order valence-electron chi connectivity index (χ4n) is 3.35.